The van der Waals surface area contributed by atoms with Crippen molar-refractivity contribution in [2.24, 2.45) is 0 Å². The molecular formula is C14H25NO2S. The molecule has 0 bridgehead atoms. The van der Waals surface area contributed by atoms with Gasteiger partial charge in [0.2, 0.25) is 5.91 Å². The van der Waals surface area contributed by atoms with Crippen LogP contribution in [0.25, 0.3) is 0 Å². The maximum absolute atomic E-state index is 11.9. The lowest BCUT2D eigenvalue weighted by atomic mass is 9.95. The third-order valence-corrected chi connectivity index (χ3v) is 5.14. The Labute approximate surface area is 114 Å². The van der Waals surface area contributed by atoms with Gasteiger partial charge < -0.3 is 10.1 Å². The fourth-order valence-electron chi connectivity index (χ4n) is 2.95. The minimum Gasteiger partial charge on any atom is -0.378 e. The first kappa shape index (κ1) is 14.2. The lowest BCUT2D eigenvalue weighted by molar-refractivity contribution is -0.122. The monoisotopic (exact) mass is 271 g/mol. The van der Waals surface area contributed by atoms with E-state index in [0.717, 1.165) is 44.0 Å². The molecule has 0 aromatic heterocycles. The third-order valence-electron chi connectivity index (χ3n) is 4.04. The Hall–Kier alpha value is -0.220. The number of hydrogen-bond donors (Lipinski definition) is 1. The molecule has 0 aromatic rings. The molecule has 0 aromatic carbocycles. The van der Waals surface area contributed by atoms with Crippen molar-refractivity contribution >= 4 is 17.7 Å². The molecule has 1 aliphatic carbocycles. The predicted octanol–water partition coefficient (Wildman–Crippen LogP) is 2.74. The average Bonchev–Trinajstić information content (AvgIpc) is 2.90. The maximum atomic E-state index is 11.9. The lowest BCUT2D eigenvalue weighted by Gasteiger charge is -2.28. The zero-order chi connectivity index (χ0) is 12.8. The highest BCUT2D eigenvalue weighted by Gasteiger charge is 2.23. The van der Waals surface area contributed by atoms with E-state index in [2.05, 4.69) is 11.6 Å². The van der Waals surface area contributed by atoms with Crippen molar-refractivity contribution in [3.8, 4) is 0 Å². The molecule has 4 heteroatoms. The number of carbonyl (C=O) groups excluding carboxylic acids is 1. The Bertz CT molecular complexity index is 267. The molecule has 2 rings (SSSR count). The second kappa shape index (κ2) is 7.39. The van der Waals surface area contributed by atoms with E-state index in [9.17, 15) is 4.79 Å². The first-order valence-corrected chi connectivity index (χ1v) is 8.50. The molecule has 104 valence electrons. The van der Waals surface area contributed by atoms with Gasteiger partial charge in [0.05, 0.1) is 6.10 Å². The van der Waals surface area contributed by atoms with Crippen LogP contribution in [0.2, 0.25) is 0 Å². The summed E-state index contributed by atoms with van der Waals surface area (Å²) in [6, 6.07) is 0.410. The molecule has 0 radical (unpaired) electrons. The Kier molecular flexibility index (Phi) is 5.83. The van der Waals surface area contributed by atoms with Gasteiger partial charge in [-0.1, -0.05) is 6.42 Å². The summed E-state index contributed by atoms with van der Waals surface area (Å²) in [6.45, 7) is 0.879. The Morgan fingerprint density at radius 2 is 2.22 bits per heavy atom. The maximum Gasteiger partial charge on any atom is 0.220 e. The van der Waals surface area contributed by atoms with Crippen molar-refractivity contribution in [3.63, 3.8) is 0 Å². The van der Waals surface area contributed by atoms with Crippen molar-refractivity contribution in [1.82, 2.24) is 5.32 Å². The van der Waals surface area contributed by atoms with Gasteiger partial charge in [-0.3, -0.25) is 4.79 Å². The highest BCUT2D eigenvalue weighted by Crippen LogP contribution is 2.27. The normalized spacial score (nSPS) is 32.4. The number of nitrogens with one attached hydrogen (secondary N) is 1. The zero-order valence-corrected chi connectivity index (χ0v) is 12.1. The summed E-state index contributed by atoms with van der Waals surface area (Å²) in [4.78, 5) is 11.9. The van der Waals surface area contributed by atoms with Crippen LogP contribution in [0.15, 0.2) is 0 Å². The van der Waals surface area contributed by atoms with E-state index in [1.807, 2.05) is 11.8 Å². The summed E-state index contributed by atoms with van der Waals surface area (Å²) in [5.41, 5.74) is 0. The van der Waals surface area contributed by atoms with Crippen molar-refractivity contribution in [3.05, 3.63) is 0 Å². The van der Waals surface area contributed by atoms with E-state index in [1.54, 1.807) is 0 Å². The van der Waals surface area contributed by atoms with Crippen molar-refractivity contribution in [2.45, 2.75) is 68.8 Å². The van der Waals surface area contributed by atoms with Crippen LogP contribution in [-0.4, -0.2) is 36.2 Å². The van der Waals surface area contributed by atoms with Crippen LogP contribution < -0.4 is 5.32 Å². The SMILES string of the molecule is CS[C@@H]1CCC[C@@H](NC(=O)CC[C@H]2CCCO2)C1. The minimum absolute atomic E-state index is 0.220. The van der Waals surface area contributed by atoms with Crippen LogP contribution in [0.3, 0.4) is 0 Å². The van der Waals surface area contributed by atoms with Gasteiger partial charge in [-0.25, -0.2) is 0 Å². The number of amides is 1. The Balaban J connectivity index is 1.63. The predicted molar refractivity (Wildman–Crippen MR) is 75.9 cm³/mol. The number of carbonyl (C=O) groups is 1. The second-order valence-electron chi connectivity index (χ2n) is 5.46. The van der Waals surface area contributed by atoms with Gasteiger partial charge in [0.15, 0.2) is 0 Å². The molecule has 3 atom stereocenters. The van der Waals surface area contributed by atoms with Gasteiger partial charge in [0.1, 0.15) is 0 Å². The molecule has 1 saturated heterocycles. The molecule has 3 nitrogen and oxygen atoms in total. The van der Waals surface area contributed by atoms with Crippen LogP contribution in [0.4, 0.5) is 0 Å². The molecule has 2 aliphatic rings. The second-order valence-corrected chi connectivity index (χ2v) is 6.60. The molecule has 1 N–H and O–H groups in total. The first-order chi connectivity index (χ1) is 8.78. The molecule has 1 amide bonds. The van der Waals surface area contributed by atoms with Gasteiger partial charge in [-0.05, 0) is 44.8 Å². The van der Waals surface area contributed by atoms with E-state index in [-0.39, 0.29) is 5.91 Å². The number of ether oxygens (including phenoxy) is 1. The molecular weight excluding hydrogens is 246 g/mol. The fourth-order valence-corrected chi connectivity index (χ4v) is 3.78. The van der Waals surface area contributed by atoms with Gasteiger partial charge >= 0.3 is 0 Å². The summed E-state index contributed by atoms with van der Waals surface area (Å²) < 4.78 is 5.54. The number of rotatable bonds is 5. The van der Waals surface area contributed by atoms with E-state index < -0.39 is 0 Å². The highest BCUT2D eigenvalue weighted by molar-refractivity contribution is 7.99. The first-order valence-electron chi connectivity index (χ1n) is 7.21. The van der Waals surface area contributed by atoms with Gasteiger partial charge in [-0.2, -0.15) is 11.8 Å². The van der Waals surface area contributed by atoms with E-state index in [0.29, 0.717) is 18.6 Å². The molecule has 1 heterocycles. The van der Waals surface area contributed by atoms with Crippen LogP contribution in [0.5, 0.6) is 0 Å². The van der Waals surface area contributed by atoms with Crippen LogP contribution >= 0.6 is 11.8 Å². The van der Waals surface area contributed by atoms with Crippen LogP contribution in [0, 0.1) is 0 Å². The molecule has 18 heavy (non-hydrogen) atoms. The van der Waals surface area contributed by atoms with Gasteiger partial charge in [0, 0.05) is 24.3 Å². The fraction of sp³-hybridized carbons (Fsp3) is 0.929. The van der Waals surface area contributed by atoms with Gasteiger partial charge in [0.25, 0.3) is 0 Å². The third kappa shape index (κ3) is 4.47. The molecule has 0 unspecified atom stereocenters. The summed E-state index contributed by atoms with van der Waals surface area (Å²) in [6.07, 6.45) is 11.2. The highest BCUT2D eigenvalue weighted by atomic mass is 32.2. The quantitative estimate of drug-likeness (QED) is 0.835. The van der Waals surface area contributed by atoms with E-state index >= 15 is 0 Å². The van der Waals surface area contributed by atoms with Crippen molar-refractivity contribution in [1.29, 1.82) is 0 Å². The molecule has 2 fully saturated rings. The number of hydrogen-bond acceptors (Lipinski definition) is 3. The largest absolute Gasteiger partial charge is 0.378 e. The summed E-state index contributed by atoms with van der Waals surface area (Å²) in [7, 11) is 0. The summed E-state index contributed by atoms with van der Waals surface area (Å²) >= 11 is 1.94. The van der Waals surface area contributed by atoms with E-state index in [4.69, 9.17) is 4.74 Å². The molecule has 1 saturated carbocycles. The smallest absolute Gasteiger partial charge is 0.220 e. The van der Waals surface area contributed by atoms with Gasteiger partial charge in [-0.15, -0.1) is 0 Å². The van der Waals surface area contributed by atoms with Crippen molar-refractivity contribution < 1.29 is 9.53 Å². The van der Waals surface area contributed by atoms with Crippen LogP contribution in [0.1, 0.15) is 51.4 Å². The number of thioether (sulfide) groups is 1. The molecule has 1 aliphatic heterocycles. The topological polar surface area (TPSA) is 38.3 Å². The Morgan fingerprint density at radius 3 is 2.94 bits per heavy atom. The average molecular weight is 271 g/mol. The van der Waals surface area contributed by atoms with Crippen molar-refractivity contribution in [2.75, 3.05) is 12.9 Å². The van der Waals surface area contributed by atoms with Crippen LogP contribution in [-0.2, 0) is 9.53 Å². The summed E-state index contributed by atoms with van der Waals surface area (Å²) in [5, 5.41) is 3.94. The standard InChI is InChI=1S/C14H25NO2S/c1-18-13-6-2-4-11(10-13)15-14(16)8-7-12-5-3-9-17-12/h11-13H,2-10H2,1H3,(H,15,16)/t11-,12-,13-/m1/s1. The minimum atomic E-state index is 0.220. The Morgan fingerprint density at radius 1 is 1.33 bits per heavy atom. The zero-order valence-electron chi connectivity index (χ0n) is 11.3. The summed E-state index contributed by atoms with van der Waals surface area (Å²) in [5.74, 6) is 0.220. The molecule has 0 spiro atoms. The lowest BCUT2D eigenvalue weighted by Crippen LogP contribution is -2.39. The van der Waals surface area contributed by atoms with E-state index in [1.165, 1.54) is 12.8 Å².